The predicted octanol–water partition coefficient (Wildman–Crippen LogP) is -0.454. The van der Waals surface area contributed by atoms with Crippen molar-refractivity contribution in [2.45, 2.75) is 25.3 Å². The van der Waals surface area contributed by atoms with Crippen molar-refractivity contribution in [2.24, 2.45) is 11.7 Å². The number of nitrogens with zero attached hydrogens (tertiary/aromatic N) is 1. The van der Waals surface area contributed by atoms with E-state index in [1.807, 2.05) is 0 Å². The molecule has 0 aromatic carbocycles. The summed E-state index contributed by atoms with van der Waals surface area (Å²) in [6.45, 7) is 3.29. The molecule has 3 N–H and O–H groups in total. The molecule has 1 aliphatic carbocycles. The number of carbonyl (C=O) groups excluding carboxylic acids is 1. The average molecular weight is 197 g/mol. The molecule has 14 heavy (non-hydrogen) atoms. The van der Waals surface area contributed by atoms with Gasteiger partial charge in [0.2, 0.25) is 5.91 Å². The molecule has 0 radical (unpaired) electrons. The van der Waals surface area contributed by atoms with Gasteiger partial charge < -0.3 is 16.0 Å². The highest BCUT2D eigenvalue weighted by Crippen LogP contribution is 2.31. The Morgan fingerprint density at radius 1 is 1.43 bits per heavy atom. The van der Waals surface area contributed by atoms with Gasteiger partial charge in [-0.2, -0.15) is 0 Å². The minimum atomic E-state index is -0.0325. The van der Waals surface area contributed by atoms with Crippen molar-refractivity contribution >= 4 is 5.91 Å². The van der Waals surface area contributed by atoms with Crippen molar-refractivity contribution in [2.75, 3.05) is 26.2 Å². The van der Waals surface area contributed by atoms with E-state index in [-0.39, 0.29) is 12.5 Å². The molecule has 4 heteroatoms. The lowest BCUT2D eigenvalue weighted by atomic mass is 10.1. The third-order valence-electron chi connectivity index (χ3n) is 3.15. The van der Waals surface area contributed by atoms with E-state index in [4.69, 9.17) is 5.73 Å². The Hall–Kier alpha value is -0.610. The van der Waals surface area contributed by atoms with Gasteiger partial charge in [0.15, 0.2) is 0 Å². The van der Waals surface area contributed by atoms with Gasteiger partial charge in [-0.15, -0.1) is 0 Å². The number of hydrogen-bond donors (Lipinski definition) is 2. The summed E-state index contributed by atoms with van der Waals surface area (Å²) in [5.74, 6) is 0.612. The molecule has 1 aliphatic heterocycles. The van der Waals surface area contributed by atoms with Crippen LogP contribution in [-0.2, 0) is 4.79 Å². The Balaban J connectivity index is 1.65. The van der Waals surface area contributed by atoms with Gasteiger partial charge >= 0.3 is 0 Å². The number of nitrogens with two attached hydrogens (primary N) is 1. The monoisotopic (exact) mass is 197 g/mol. The fourth-order valence-corrected chi connectivity index (χ4v) is 2.13. The van der Waals surface area contributed by atoms with E-state index in [2.05, 4.69) is 10.2 Å². The molecule has 1 atom stereocenters. The Bertz CT molecular complexity index is 215. The van der Waals surface area contributed by atoms with Gasteiger partial charge in [-0.05, 0) is 31.7 Å². The summed E-state index contributed by atoms with van der Waals surface area (Å²) in [4.78, 5) is 13.5. The predicted molar refractivity (Wildman–Crippen MR) is 54.8 cm³/mol. The number of hydrogen-bond acceptors (Lipinski definition) is 3. The highest BCUT2D eigenvalue weighted by molar-refractivity contribution is 5.77. The maximum atomic E-state index is 10.9. The fraction of sp³-hybridized carbons (Fsp3) is 0.900. The molecule has 0 aromatic rings. The van der Waals surface area contributed by atoms with Crippen molar-refractivity contribution < 1.29 is 4.79 Å². The zero-order valence-electron chi connectivity index (χ0n) is 8.54. The molecular formula is C10H19N3O. The van der Waals surface area contributed by atoms with Crippen molar-refractivity contribution in [3.05, 3.63) is 0 Å². The largest absolute Gasteiger partial charge is 0.355 e. The summed E-state index contributed by atoms with van der Waals surface area (Å²) in [7, 11) is 0. The molecule has 0 aromatic heterocycles. The third-order valence-corrected chi connectivity index (χ3v) is 3.15. The van der Waals surface area contributed by atoms with Gasteiger partial charge in [0.25, 0.3) is 0 Å². The molecule has 4 nitrogen and oxygen atoms in total. The standard InChI is InChI=1S/C10H19N3O/c11-5-10(14)12-6-8-3-4-13(7-8)9-1-2-9/h8-9H,1-7,11H2,(H,12,14). The summed E-state index contributed by atoms with van der Waals surface area (Å²) >= 11 is 0. The van der Waals surface area contributed by atoms with Gasteiger partial charge in [-0.1, -0.05) is 0 Å². The topological polar surface area (TPSA) is 58.4 Å². The maximum absolute atomic E-state index is 10.9. The normalized spacial score (nSPS) is 27.9. The van der Waals surface area contributed by atoms with Crippen molar-refractivity contribution in [1.29, 1.82) is 0 Å². The molecule has 1 saturated carbocycles. The van der Waals surface area contributed by atoms with Gasteiger partial charge in [-0.25, -0.2) is 0 Å². The van der Waals surface area contributed by atoms with Crippen LogP contribution in [0.25, 0.3) is 0 Å². The molecule has 1 saturated heterocycles. The molecule has 1 heterocycles. The minimum absolute atomic E-state index is 0.0325. The average Bonchev–Trinajstić information content (AvgIpc) is 2.95. The number of carbonyl (C=O) groups is 1. The smallest absolute Gasteiger partial charge is 0.233 e. The lowest BCUT2D eigenvalue weighted by Gasteiger charge is -2.14. The van der Waals surface area contributed by atoms with E-state index < -0.39 is 0 Å². The van der Waals surface area contributed by atoms with E-state index in [0.717, 1.165) is 19.1 Å². The first-order valence-electron chi connectivity index (χ1n) is 5.50. The molecule has 80 valence electrons. The van der Waals surface area contributed by atoms with Crippen LogP contribution in [0.5, 0.6) is 0 Å². The van der Waals surface area contributed by atoms with Crippen LogP contribution < -0.4 is 11.1 Å². The minimum Gasteiger partial charge on any atom is -0.355 e. The van der Waals surface area contributed by atoms with E-state index in [1.54, 1.807) is 0 Å². The maximum Gasteiger partial charge on any atom is 0.233 e. The van der Waals surface area contributed by atoms with Crippen LogP contribution in [0.1, 0.15) is 19.3 Å². The second-order valence-corrected chi connectivity index (χ2v) is 4.39. The van der Waals surface area contributed by atoms with E-state index in [1.165, 1.54) is 25.8 Å². The Kier molecular flexibility index (Phi) is 3.03. The van der Waals surface area contributed by atoms with E-state index in [0.29, 0.717) is 5.92 Å². The van der Waals surface area contributed by atoms with E-state index in [9.17, 15) is 4.79 Å². The van der Waals surface area contributed by atoms with Crippen LogP contribution in [0.3, 0.4) is 0 Å². The van der Waals surface area contributed by atoms with Crippen molar-refractivity contribution in [3.63, 3.8) is 0 Å². The molecule has 2 fully saturated rings. The summed E-state index contributed by atoms with van der Waals surface area (Å²) in [6, 6.07) is 0.866. The zero-order valence-corrected chi connectivity index (χ0v) is 8.54. The van der Waals surface area contributed by atoms with E-state index >= 15 is 0 Å². The third kappa shape index (κ3) is 2.45. The Morgan fingerprint density at radius 2 is 2.21 bits per heavy atom. The molecular weight excluding hydrogens is 178 g/mol. The molecule has 2 rings (SSSR count). The number of amides is 1. The summed E-state index contributed by atoms with van der Waals surface area (Å²) in [5, 5.41) is 2.86. The molecule has 2 aliphatic rings. The van der Waals surface area contributed by atoms with Gasteiger partial charge in [-0.3, -0.25) is 4.79 Å². The van der Waals surface area contributed by atoms with Crippen LogP contribution in [-0.4, -0.2) is 43.0 Å². The van der Waals surface area contributed by atoms with Gasteiger partial charge in [0.05, 0.1) is 6.54 Å². The number of nitrogens with one attached hydrogen (secondary N) is 1. The fourth-order valence-electron chi connectivity index (χ4n) is 2.13. The zero-order chi connectivity index (χ0) is 9.97. The summed E-state index contributed by atoms with van der Waals surface area (Å²) in [6.07, 6.45) is 3.98. The first kappa shape index (κ1) is 9.93. The van der Waals surface area contributed by atoms with Crippen molar-refractivity contribution in [3.8, 4) is 0 Å². The van der Waals surface area contributed by atoms with Crippen LogP contribution in [0.15, 0.2) is 0 Å². The summed E-state index contributed by atoms with van der Waals surface area (Å²) < 4.78 is 0. The van der Waals surface area contributed by atoms with Gasteiger partial charge in [0, 0.05) is 19.1 Å². The van der Waals surface area contributed by atoms with Crippen LogP contribution in [0, 0.1) is 5.92 Å². The van der Waals surface area contributed by atoms with Crippen molar-refractivity contribution in [1.82, 2.24) is 10.2 Å². The number of rotatable bonds is 4. The summed E-state index contributed by atoms with van der Waals surface area (Å²) in [5.41, 5.74) is 5.22. The lowest BCUT2D eigenvalue weighted by Crippen LogP contribution is -2.35. The molecule has 0 spiro atoms. The van der Waals surface area contributed by atoms with Gasteiger partial charge in [0.1, 0.15) is 0 Å². The molecule has 0 bridgehead atoms. The second kappa shape index (κ2) is 4.28. The van der Waals surface area contributed by atoms with Crippen LogP contribution in [0.2, 0.25) is 0 Å². The second-order valence-electron chi connectivity index (χ2n) is 4.39. The SMILES string of the molecule is NCC(=O)NCC1CCN(C2CC2)C1. The lowest BCUT2D eigenvalue weighted by molar-refractivity contribution is -0.119. The molecule has 1 unspecified atom stereocenters. The first-order valence-corrected chi connectivity index (χ1v) is 5.50. The Morgan fingerprint density at radius 3 is 2.86 bits per heavy atom. The van der Waals surface area contributed by atoms with Crippen LogP contribution >= 0.6 is 0 Å². The highest BCUT2D eigenvalue weighted by atomic mass is 16.1. The quantitative estimate of drug-likeness (QED) is 0.641. The highest BCUT2D eigenvalue weighted by Gasteiger charge is 2.34. The van der Waals surface area contributed by atoms with Crippen LogP contribution in [0.4, 0.5) is 0 Å². The first-order chi connectivity index (χ1) is 6.79. The molecule has 1 amide bonds. The Labute approximate surface area is 84.8 Å². The number of likely N-dealkylation sites (tertiary alicyclic amines) is 1.